The Bertz CT molecular complexity index is 544. The molecule has 0 unspecified atom stereocenters. The van der Waals surface area contributed by atoms with Gasteiger partial charge in [0.15, 0.2) is 5.82 Å². The first-order chi connectivity index (χ1) is 8.60. The fourth-order valence-electron chi connectivity index (χ4n) is 1.86. The lowest BCUT2D eigenvalue weighted by molar-refractivity contribution is 0.792. The third-order valence-corrected chi connectivity index (χ3v) is 2.61. The van der Waals surface area contributed by atoms with Crippen molar-refractivity contribution in [3.05, 3.63) is 29.3 Å². The molecular weight excluding hydrogens is 226 g/mol. The lowest BCUT2D eigenvalue weighted by Gasteiger charge is -2.08. The van der Waals surface area contributed by atoms with E-state index in [4.69, 9.17) is 0 Å². The van der Waals surface area contributed by atoms with Gasteiger partial charge in [0.25, 0.3) is 0 Å². The molecule has 2 rings (SSSR count). The largest absolute Gasteiger partial charge is 0.370 e. The van der Waals surface area contributed by atoms with Crippen LogP contribution in [0.15, 0.2) is 12.1 Å². The molecule has 2 aromatic rings. The Morgan fingerprint density at radius 1 is 1.17 bits per heavy atom. The zero-order chi connectivity index (χ0) is 13.1. The second kappa shape index (κ2) is 5.16. The average Bonchev–Trinajstić information content (AvgIpc) is 2.65. The standard InChI is InChI=1S/C13H19N5/c1-5-6-14-12-8-13(16-11(4)15-12)18-10(3)7-9(2)17-18/h7-8H,5-6H2,1-4H3,(H,14,15,16). The molecule has 0 amide bonds. The number of nitrogens with one attached hydrogen (secondary N) is 1. The Morgan fingerprint density at radius 2 is 1.94 bits per heavy atom. The number of hydrogen-bond acceptors (Lipinski definition) is 4. The van der Waals surface area contributed by atoms with E-state index in [-0.39, 0.29) is 0 Å². The maximum absolute atomic E-state index is 4.44. The minimum Gasteiger partial charge on any atom is -0.370 e. The van der Waals surface area contributed by atoms with Gasteiger partial charge in [0.05, 0.1) is 5.69 Å². The van der Waals surface area contributed by atoms with E-state index in [2.05, 4.69) is 27.3 Å². The normalized spacial score (nSPS) is 10.7. The van der Waals surface area contributed by atoms with Gasteiger partial charge in [-0.25, -0.2) is 14.6 Å². The number of anilines is 1. The van der Waals surface area contributed by atoms with Crippen molar-refractivity contribution in [1.82, 2.24) is 19.7 Å². The highest BCUT2D eigenvalue weighted by molar-refractivity contribution is 5.42. The van der Waals surface area contributed by atoms with Gasteiger partial charge in [0, 0.05) is 18.3 Å². The first kappa shape index (κ1) is 12.5. The van der Waals surface area contributed by atoms with Crippen molar-refractivity contribution >= 4 is 5.82 Å². The number of aryl methyl sites for hydroxylation is 3. The molecule has 0 saturated carbocycles. The van der Waals surface area contributed by atoms with Crippen LogP contribution < -0.4 is 5.32 Å². The molecule has 1 N–H and O–H groups in total. The summed E-state index contributed by atoms with van der Waals surface area (Å²) in [5.74, 6) is 2.41. The predicted octanol–water partition coefficient (Wildman–Crippen LogP) is 2.41. The smallest absolute Gasteiger partial charge is 0.159 e. The van der Waals surface area contributed by atoms with E-state index in [1.807, 2.05) is 37.6 Å². The monoisotopic (exact) mass is 245 g/mol. The molecule has 0 bridgehead atoms. The van der Waals surface area contributed by atoms with Gasteiger partial charge >= 0.3 is 0 Å². The summed E-state index contributed by atoms with van der Waals surface area (Å²) < 4.78 is 1.85. The van der Waals surface area contributed by atoms with E-state index >= 15 is 0 Å². The number of aromatic nitrogens is 4. The topological polar surface area (TPSA) is 55.6 Å². The van der Waals surface area contributed by atoms with Gasteiger partial charge < -0.3 is 5.32 Å². The van der Waals surface area contributed by atoms with Gasteiger partial charge in [-0.05, 0) is 33.3 Å². The molecule has 18 heavy (non-hydrogen) atoms. The minimum absolute atomic E-state index is 0.749. The second-order valence-electron chi connectivity index (χ2n) is 4.42. The summed E-state index contributed by atoms with van der Waals surface area (Å²) in [6.07, 6.45) is 1.07. The average molecular weight is 245 g/mol. The molecule has 0 aliphatic carbocycles. The summed E-state index contributed by atoms with van der Waals surface area (Å²) in [5.41, 5.74) is 2.07. The van der Waals surface area contributed by atoms with E-state index < -0.39 is 0 Å². The zero-order valence-electron chi connectivity index (χ0n) is 11.4. The summed E-state index contributed by atoms with van der Waals surface area (Å²) in [4.78, 5) is 8.81. The Balaban J connectivity index is 2.38. The Labute approximate surface area is 107 Å². The van der Waals surface area contributed by atoms with E-state index in [1.54, 1.807) is 0 Å². The van der Waals surface area contributed by atoms with Crippen LogP contribution in [0, 0.1) is 20.8 Å². The van der Waals surface area contributed by atoms with Crippen LogP contribution in [0.4, 0.5) is 5.82 Å². The summed E-state index contributed by atoms with van der Waals surface area (Å²) >= 11 is 0. The van der Waals surface area contributed by atoms with Gasteiger partial charge in [-0.2, -0.15) is 5.10 Å². The van der Waals surface area contributed by atoms with Crippen LogP contribution >= 0.6 is 0 Å². The van der Waals surface area contributed by atoms with Crippen LogP contribution in [-0.4, -0.2) is 26.3 Å². The second-order valence-corrected chi connectivity index (χ2v) is 4.42. The summed E-state index contributed by atoms with van der Waals surface area (Å²) in [7, 11) is 0. The molecule has 5 nitrogen and oxygen atoms in total. The van der Waals surface area contributed by atoms with Crippen LogP contribution in [0.5, 0.6) is 0 Å². The number of nitrogens with zero attached hydrogens (tertiary/aromatic N) is 4. The number of hydrogen-bond donors (Lipinski definition) is 1. The SMILES string of the molecule is CCCNc1cc(-n2nc(C)cc2C)nc(C)n1. The van der Waals surface area contributed by atoms with Crippen molar-refractivity contribution in [2.45, 2.75) is 34.1 Å². The molecule has 0 radical (unpaired) electrons. The predicted molar refractivity (Wildman–Crippen MR) is 72.1 cm³/mol. The van der Waals surface area contributed by atoms with Crippen LogP contribution in [0.1, 0.15) is 30.6 Å². The van der Waals surface area contributed by atoms with E-state index in [0.717, 1.165) is 41.8 Å². The van der Waals surface area contributed by atoms with Gasteiger partial charge in [0.2, 0.25) is 0 Å². The highest BCUT2D eigenvalue weighted by Crippen LogP contribution is 2.13. The van der Waals surface area contributed by atoms with Crippen molar-refractivity contribution in [3.63, 3.8) is 0 Å². The minimum atomic E-state index is 0.749. The zero-order valence-corrected chi connectivity index (χ0v) is 11.4. The van der Waals surface area contributed by atoms with Gasteiger partial charge in [0.1, 0.15) is 11.6 Å². The highest BCUT2D eigenvalue weighted by Gasteiger charge is 2.07. The Hall–Kier alpha value is -1.91. The maximum Gasteiger partial charge on any atom is 0.159 e. The van der Waals surface area contributed by atoms with Gasteiger partial charge in [-0.15, -0.1) is 0 Å². The molecular formula is C13H19N5. The molecule has 0 atom stereocenters. The molecule has 5 heteroatoms. The third-order valence-electron chi connectivity index (χ3n) is 2.61. The molecule has 0 aliphatic heterocycles. The van der Waals surface area contributed by atoms with Crippen LogP contribution in [0.3, 0.4) is 0 Å². The number of rotatable bonds is 4. The van der Waals surface area contributed by atoms with Crippen molar-refractivity contribution in [1.29, 1.82) is 0 Å². The Morgan fingerprint density at radius 3 is 2.56 bits per heavy atom. The molecule has 2 heterocycles. The van der Waals surface area contributed by atoms with Crippen LogP contribution in [0.2, 0.25) is 0 Å². The van der Waals surface area contributed by atoms with Crippen LogP contribution in [-0.2, 0) is 0 Å². The van der Waals surface area contributed by atoms with E-state index in [9.17, 15) is 0 Å². The molecule has 0 aromatic carbocycles. The lowest BCUT2D eigenvalue weighted by Crippen LogP contribution is -2.08. The highest BCUT2D eigenvalue weighted by atomic mass is 15.3. The van der Waals surface area contributed by atoms with E-state index in [1.165, 1.54) is 0 Å². The summed E-state index contributed by atoms with van der Waals surface area (Å²) in [6, 6.07) is 3.97. The van der Waals surface area contributed by atoms with Gasteiger partial charge in [-0.3, -0.25) is 0 Å². The van der Waals surface area contributed by atoms with Crippen molar-refractivity contribution < 1.29 is 0 Å². The first-order valence-electron chi connectivity index (χ1n) is 6.23. The molecule has 0 spiro atoms. The molecule has 0 saturated heterocycles. The maximum atomic E-state index is 4.44. The first-order valence-corrected chi connectivity index (χ1v) is 6.23. The molecule has 0 aliphatic rings. The van der Waals surface area contributed by atoms with Crippen molar-refractivity contribution in [2.24, 2.45) is 0 Å². The molecule has 0 fully saturated rings. The fraction of sp³-hybridized carbons (Fsp3) is 0.462. The fourth-order valence-corrected chi connectivity index (χ4v) is 1.86. The third kappa shape index (κ3) is 2.67. The quantitative estimate of drug-likeness (QED) is 0.898. The lowest BCUT2D eigenvalue weighted by atomic mass is 10.4. The summed E-state index contributed by atoms with van der Waals surface area (Å²) in [6.45, 7) is 8.94. The van der Waals surface area contributed by atoms with Crippen molar-refractivity contribution in [2.75, 3.05) is 11.9 Å². The van der Waals surface area contributed by atoms with E-state index in [0.29, 0.717) is 0 Å². The van der Waals surface area contributed by atoms with Gasteiger partial charge in [-0.1, -0.05) is 6.92 Å². The van der Waals surface area contributed by atoms with Crippen LogP contribution in [0.25, 0.3) is 5.82 Å². The Kier molecular flexibility index (Phi) is 3.60. The van der Waals surface area contributed by atoms with Crippen molar-refractivity contribution in [3.8, 4) is 5.82 Å². The summed E-state index contributed by atoms with van der Waals surface area (Å²) in [5, 5.41) is 7.72. The molecule has 96 valence electrons. The molecule has 2 aromatic heterocycles.